The van der Waals surface area contributed by atoms with E-state index in [0.29, 0.717) is 12.6 Å². The minimum absolute atomic E-state index is 0.206. The summed E-state index contributed by atoms with van der Waals surface area (Å²) in [5.41, 5.74) is 5.83. The first-order valence-corrected chi connectivity index (χ1v) is 7.08. The molecule has 2 N–H and O–H groups in total. The number of carbonyl (C=O) groups is 1. The molecule has 0 aliphatic carbocycles. The zero-order valence-corrected chi connectivity index (χ0v) is 11.4. The Hall–Kier alpha value is -0.230. The zero-order chi connectivity index (χ0) is 11.5. The second-order valence-electron chi connectivity index (χ2n) is 4.13. The van der Waals surface area contributed by atoms with Gasteiger partial charge in [0.25, 0.3) is 0 Å². The van der Waals surface area contributed by atoms with Gasteiger partial charge in [0, 0.05) is 23.6 Å². The molecule has 5 heteroatoms. The summed E-state index contributed by atoms with van der Waals surface area (Å²) in [6.07, 6.45) is 2.00. The Kier molecular flexibility index (Phi) is 4.13. The van der Waals surface area contributed by atoms with Crippen LogP contribution in [0, 0.1) is 0 Å². The van der Waals surface area contributed by atoms with E-state index < -0.39 is 0 Å². The maximum Gasteiger partial charge on any atom is 0.187 e. The molecule has 0 amide bonds. The third-order valence-corrected chi connectivity index (χ3v) is 4.75. The van der Waals surface area contributed by atoms with Gasteiger partial charge in [0.2, 0.25) is 0 Å². The first kappa shape index (κ1) is 12.2. The highest BCUT2D eigenvalue weighted by Crippen LogP contribution is 2.23. The molecule has 1 aromatic rings. The number of halogens is 1. The van der Waals surface area contributed by atoms with Crippen LogP contribution in [0.1, 0.15) is 22.5 Å². The molecule has 1 fully saturated rings. The molecule has 16 heavy (non-hydrogen) atoms. The Morgan fingerprint density at radius 1 is 1.56 bits per heavy atom. The summed E-state index contributed by atoms with van der Waals surface area (Å²) in [6, 6.07) is 2.24. The Bertz CT molecular complexity index is 372. The van der Waals surface area contributed by atoms with Crippen LogP contribution >= 0.6 is 27.3 Å². The number of nitrogens with zero attached hydrogens (tertiary/aromatic N) is 1. The van der Waals surface area contributed by atoms with Gasteiger partial charge in [0.05, 0.1) is 11.4 Å². The molecule has 1 aliphatic heterocycles. The van der Waals surface area contributed by atoms with Gasteiger partial charge >= 0.3 is 0 Å². The lowest BCUT2D eigenvalue weighted by Gasteiger charge is -2.29. The van der Waals surface area contributed by atoms with Crippen molar-refractivity contribution in [1.29, 1.82) is 0 Å². The minimum atomic E-state index is 0.206. The maximum absolute atomic E-state index is 12.0. The third kappa shape index (κ3) is 2.91. The molecule has 0 spiro atoms. The average Bonchev–Trinajstić information content (AvgIpc) is 2.68. The largest absolute Gasteiger partial charge is 0.328 e. The summed E-state index contributed by atoms with van der Waals surface area (Å²) in [4.78, 5) is 15.0. The Labute approximate surface area is 108 Å². The normalized spacial score (nSPS) is 18.9. The number of Topliss-reactive ketones (excluding diaryl/α,β-unsaturated/α-hetero) is 1. The van der Waals surface area contributed by atoms with E-state index in [2.05, 4.69) is 20.8 Å². The number of thiophene rings is 1. The number of rotatable bonds is 3. The van der Waals surface area contributed by atoms with Gasteiger partial charge < -0.3 is 5.73 Å². The molecule has 1 aliphatic rings. The molecule has 88 valence electrons. The lowest BCUT2D eigenvalue weighted by atomic mass is 10.1. The SMILES string of the molecule is NC1CCN(CC(=O)c2sccc2Br)CC1. The predicted molar refractivity (Wildman–Crippen MR) is 70.0 cm³/mol. The number of piperidine rings is 1. The van der Waals surface area contributed by atoms with E-state index in [1.54, 1.807) is 0 Å². The molecule has 0 bridgehead atoms. The van der Waals surface area contributed by atoms with Gasteiger partial charge in [-0.3, -0.25) is 9.69 Å². The van der Waals surface area contributed by atoms with Crippen molar-refractivity contribution in [3.05, 3.63) is 20.8 Å². The molecule has 0 atom stereocenters. The Morgan fingerprint density at radius 3 is 2.81 bits per heavy atom. The van der Waals surface area contributed by atoms with Gasteiger partial charge in [0.1, 0.15) is 0 Å². The third-order valence-electron chi connectivity index (χ3n) is 2.87. The fourth-order valence-electron chi connectivity index (χ4n) is 1.88. The minimum Gasteiger partial charge on any atom is -0.328 e. The smallest absolute Gasteiger partial charge is 0.187 e. The highest BCUT2D eigenvalue weighted by molar-refractivity contribution is 9.10. The van der Waals surface area contributed by atoms with Gasteiger partial charge in [-0.15, -0.1) is 11.3 Å². The van der Waals surface area contributed by atoms with Crippen LogP contribution in [0.5, 0.6) is 0 Å². The first-order valence-electron chi connectivity index (χ1n) is 5.41. The van der Waals surface area contributed by atoms with Crippen LogP contribution in [-0.2, 0) is 0 Å². The van der Waals surface area contributed by atoms with E-state index in [0.717, 1.165) is 35.3 Å². The number of likely N-dealkylation sites (tertiary alicyclic amines) is 1. The second kappa shape index (κ2) is 5.40. The summed E-state index contributed by atoms with van der Waals surface area (Å²) >= 11 is 4.89. The van der Waals surface area contributed by atoms with Gasteiger partial charge in [-0.05, 0) is 40.2 Å². The number of hydrogen-bond acceptors (Lipinski definition) is 4. The molecule has 0 unspecified atom stereocenters. The summed E-state index contributed by atoms with van der Waals surface area (Å²) in [5, 5.41) is 1.93. The van der Waals surface area contributed by atoms with Crippen molar-refractivity contribution < 1.29 is 4.79 Å². The molecule has 0 saturated carbocycles. The number of ketones is 1. The number of carbonyl (C=O) groups excluding carboxylic acids is 1. The summed E-state index contributed by atoms with van der Waals surface area (Å²) in [6.45, 7) is 2.40. The van der Waals surface area contributed by atoms with Crippen molar-refractivity contribution >= 4 is 33.0 Å². The fourth-order valence-corrected chi connectivity index (χ4v) is 3.40. The number of nitrogens with two attached hydrogens (primary N) is 1. The molecule has 3 nitrogen and oxygen atoms in total. The molecular formula is C11H15BrN2OS. The highest BCUT2D eigenvalue weighted by Gasteiger charge is 2.20. The molecule has 0 aromatic carbocycles. The molecule has 1 aromatic heterocycles. The van der Waals surface area contributed by atoms with Crippen LogP contribution in [0.3, 0.4) is 0 Å². The van der Waals surface area contributed by atoms with Gasteiger partial charge in [0.15, 0.2) is 5.78 Å². The standard InChI is InChI=1S/C11H15BrN2OS/c12-9-3-6-16-11(9)10(15)7-14-4-1-8(13)2-5-14/h3,6,8H,1-2,4-5,7,13H2. The lowest BCUT2D eigenvalue weighted by Crippen LogP contribution is -2.41. The molecular weight excluding hydrogens is 288 g/mol. The van der Waals surface area contributed by atoms with E-state index in [4.69, 9.17) is 5.73 Å². The first-order chi connectivity index (χ1) is 7.66. The monoisotopic (exact) mass is 302 g/mol. The maximum atomic E-state index is 12.0. The Morgan fingerprint density at radius 2 is 2.25 bits per heavy atom. The van der Waals surface area contributed by atoms with Crippen LogP contribution in [0.25, 0.3) is 0 Å². The van der Waals surface area contributed by atoms with Crippen LogP contribution in [0.4, 0.5) is 0 Å². The van der Waals surface area contributed by atoms with Crippen LogP contribution < -0.4 is 5.73 Å². The molecule has 0 radical (unpaired) electrons. The molecule has 2 heterocycles. The van der Waals surface area contributed by atoms with Crippen LogP contribution in [0.15, 0.2) is 15.9 Å². The summed E-state index contributed by atoms with van der Waals surface area (Å²) in [5.74, 6) is 0.206. The second-order valence-corrected chi connectivity index (χ2v) is 5.90. The topological polar surface area (TPSA) is 46.3 Å². The van der Waals surface area contributed by atoms with Crippen molar-refractivity contribution in [1.82, 2.24) is 4.90 Å². The van der Waals surface area contributed by atoms with E-state index >= 15 is 0 Å². The fraction of sp³-hybridized carbons (Fsp3) is 0.545. The van der Waals surface area contributed by atoms with Crippen molar-refractivity contribution in [2.24, 2.45) is 5.73 Å². The molecule has 1 saturated heterocycles. The quantitative estimate of drug-likeness (QED) is 0.870. The highest BCUT2D eigenvalue weighted by atomic mass is 79.9. The summed E-state index contributed by atoms with van der Waals surface area (Å²) < 4.78 is 0.913. The number of hydrogen-bond donors (Lipinski definition) is 1. The zero-order valence-electron chi connectivity index (χ0n) is 8.99. The van der Waals surface area contributed by atoms with Crippen molar-refractivity contribution in [2.75, 3.05) is 19.6 Å². The summed E-state index contributed by atoms with van der Waals surface area (Å²) in [7, 11) is 0. The van der Waals surface area contributed by atoms with Crippen molar-refractivity contribution in [3.63, 3.8) is 0 Å². The lowest BCUT2D eigenvalue weighted by molar-refractivity contribution is 0.0913. The van der Waals surface area contributed by atoms with Gasteiger partial charge in [-0.2, -0.15) is 0 Å². The van der Waals surface area contributed by atoms with E-state index in [-0.39, 0.29) is 5.78 Å². The molecule has 2 rings (SSSR count). The van der Waals surface area contributed by atoms with E-state index in [9.17, 15) is 4.79 Å². The average molecular weight is 303 g/mol. The Balaban J connectivity index is 1.91. The van der Waals surface area contributed by atoms with Gasteiger partial charge in [-0.1, -0.05) is 0 Å². The van der Waals surface area contributed by atoms with Crippen molar-refractivity contribution in [3.8, 4) is 0 Å². The van der Waals surface area contributed by atoms with Crippen LogP contribution in [-0.4, -0.2) is 36.4 Å². The van der Waals surface area contributed by atoms with Crippen LogP contribution in [0.2, 0.25) is 0 Å². The predicted octanol–water partition coefficient (Wildman–Crippen LogP) is 2.12. The van der Waals surface area contributed by atoms with E-state index in [1.807, 2.05) is 11.4 Å². The van der Waals surface area contributed by atoms with Crippen molar-refractivity contribution in [2.45, 2.75) is 18.9 Å². The van der Waals surface area contributed by atoms with Gasteiger partial charge in [-0.25, -0.2) is 0 Å². The van der Waals surface area contributed by atoms with E-state index in [1.165, 1.54) is 11.3 Å².